The first-order chi connectivity index (χ1) is 11.2. The molecule has 0 heterocycles. The van der Waals surface area contributed by atoms with Gasteiger partial charge in [0.15, 0.2) is 0 Å². The molecule has 0 spiro atoms. The van der Waals surface area contributed by atoms with Gasteiger partial charge in [-0.3, -0.25) is 0 Å². The van der Waals surface area contributed by atoms with Crippen LogP contribution >= 0.6 is 0 Å². The number of benzene rings is 2. The van der Waals surface area contributed by atoms with Gasteiger partial charge in [0.2, 0.25) is 0 Å². The zero-order valence-electron chi connectivity index (χ0n) is 13.9. The van der Waals surface area contributed by atoms with E-state index in [4.69, 9.17) is 0 Å². The molecule has 116 valence electrons. The van der Waals surface area contributed by atoms with E-state index in [-0.39, 0.29) is 0 Å². The summed E-state index contributed by atoms with van der Waals surface area (Å²) in [4.78, 5) is 2.43. The lowest BCUT2D eigenvalue weighted by Gasteiger charge is -2.29. The van der Waals surface area contributed by atoms with E-state index in [1.807, 2.05) is 0 Å². The molecule has 0 atom stereocenters. The zero-order chi connectivity index (χ0) is 16.1. The fourth-order valence-electron chi connectivity index (χ4n) is 2.98. The first kappa shape index (κ1) is 15.4. The van der Waals surface area contributed by atoms with Gasteiger partial charge in [0.1, 0.15) is 0 Å². The van der Waals surface area contributed by atoms with Crippen molar-refractivity contribution in [2.45, 2.75) is 26.8 Å². The molecule has 0 unspecified atom stereocenters. The lowest BCUT2D eigenvalue weighted by molar-refractivity contribution is 0.881. The standard InChI is InChI=1S/C22H23N/c1-18-14-15-22(19(2)16-18)23(17-20-10-6-5-7-11-20)21-12-8-3-4-9-13-21/h3-12,14-16H,13,17H2,1-2H3. The average Bonchev–Trinajstić information content (AvgIpc) is 2.83. The van der Waals surface area contributed by atoms with Gasteiger partial charge in [-0.05, 0) is 37.1 Å². The number of rotatable bonds is 4. The van der Waals surface area contributed by atoms with Crippen molar-refractivity contribution in [1.82, 2.24) is 0 Å². The number of anilines is 1. The Kier molecular flexibility index (Phi) is 4.77. The molecule has 0 saturated heterocycles. The van der Waals surface area contributed by atoms with Crippen LogP contribution in [0, 0.1) is 13.8 Å². The summed E-state index contributed by atoms with van der Waals surface area (Å²) in [6.07, 6.45) is 11.7. The summed E-state index contributed by atoms with van der Waals surface area (Å²) in [5.41, 5.74) is 6.56. The Labute approximate surface area is 139 Å². The van der Waals surface area contributed by atoms with Gasteiger partial charge in [-0.15, -0.1) is 0 Å². The molecule has 1 aliphatic carbocycles. The van der Waals surface area contributed by atoms with E-state index < -0.39 is 0 Å². The SMILES string of the molecule is Cc1ccc(N(Cc2ccccc2)C2=CC=CC=CC2)c(C)c1. The van der Waals surface area contributed by atoms with Gasteiger partial charge in [-0.25, -0.2) is 0 Å². The van der Waals surface area contributed by atoms with Crippen molar-refractivity contribution in [2.75, 3.05) is 4.90 Å². The van der Waals surface area contributed by atoms with Crippen LogP contribution in [0.1, 0.15) is 23.1 Å². The maximum atomic E-state index is 2.43. The van der Waals surface area contributed by atoms with Crippen LogP contribution in [-0.4, -0.2) is 0 Å². The smallest absolute Gasteiger partial charge is 0.0478 e. The summed E-state index contributed by atoms with van der Waals surface area (Å²) in [5.74, 6) is 0. The van der Waals surface area contributed by atoms with Gasteiger partial charge < -0.3 is 4.90 Å². The van der Waals surface area contributed by atoms with Crippen LogP contribution in [-0.2, 0) is 6.54 Å². The molecule has 1 nitrogen and oxygen atoms in total. The molecule has 0 fully saturated rings. The minimum atomic E-state index is 0.887. The number of hydrogen-bond acceptors (Lipinski definition) is 1. The van der Waals surface area contributed by atoms with Crippen LogP contribution in [0.3, 0.4) is 0 Å². The van der Waals surface area contributed by atoms with Gasteiger partial charge in [0.05, 0.1) is 0 Å². The van der Waals surface area contributed by atoms with Gasteiger partial charge in [-0.2, -0.15) is 0 Å². The highest BCUT2D eigenvalue weighted by Gasteiger charge is 2.14. The zero-order valence-corrected chi connectivity index (χ0v) is 13.9. The minimum absolute atomic E-state index is 0.887. The maximum Gasteiger partial charge on any atom is 0.0478 e. The fraction of sp³-hybridized carbons (Fsp3) is 0.182. The second-order valence-electron chi connectivity index (χ2n) is 6.04. The molecule has 0 amide bonds. The van der Waals surface area contributed by atoms with E-state index in [2.05, 4.69) is 97.7 Å². The fourth-order valence-corrected chi connectivity index (χ4v) is 2.98. The van der Waals surface area contributed by atoms with Crippen LogP contribution in [0.5, 0.6) is 0 Å². The molecule has 1 aliphatic rings. The summed E-state index contributed by atoms with van der Waals surface area (Å²) < 4.78 is 0. The predicted octanol–water partition coefficient (Wildman–Crippen LogP) is 5.71. The molecule has 0 radical (unpaired) electrons. The third-order valence-electron chi connectivity index (χ3n) is 4.15. The average molecular weight is 301 g/mol. The van der Waals surface area contributed by atoms with Crippen molar-refractivity contribution in [2.24, 2.45) is 0 Å². The Morgan fingerprint density at radius 2 is 1.74 bits per heavy atom. The molecule has 0 saturated carbocycles. The molecule has 1 heteroatoms. The summed E-state index contributed by atoms with van der Waals surface area (Å²) in [5, 5.41) is 0. The van der Waals surface area contributed by atoms with Gasteiger partial charge >= 0.3 is 0 Å². The molecule has 0 aromatic heterocycles. The summed E-state index contributed by atoms with van der Waals surface area (Å²) >= 11 is 0. The molecule has 0 bridgehead atoms. The number of nitrogens with zero attached hydrogens (tertiary/aromatic N) is 1. The van der Waals surface area contributed by atoms with Crippen molar-refractivity contribution in [3.8, 4) is 0 Å². The van der Waals surface area contributed by atoms with E-state index in [0.29, 0.717) is 0 Å². The summed E-state index contributed by atoms with van der Waals surface area (Å²) in [7, 11) is 0. The normalized spacial score (nSPS) is 13.6. The summed E-state index contributed by atoms with van der Waals surface area (Å²) in [6, 6.07) is 17.4. The van der Waals surface area contributed by atoms with Crippen molar-refractivity contribution >= 4 is 5.69 Å². The highest BCUT2D eigenvalue weighted by atomic mass is 15.1. The Morgan fingerprint density at radius 1 is 0.913 bits per heavy atom. The lowest BCUT2D eigenvalue weighted by atomic mass is 10.1. The molecule has 2 aromatic rings. The van der Waals surface area contributed by atoms with Crippen LogP contribution in [0.25, 0.3) is 0 Å². The molecule has 0 aliphatic heterocycles. The number of allylic oxidation sites excluding steroid dienone is 5. The van der Waals surface area contributed by atoms with Gasteiger partial charge in [0.25, 0.3) is 0 Å². The largest absolute Gasteiger partial charge is 0.340 e. The highest BCUT2D eigenvalue weighted by Crippen LogP contribution is 2.29. The third-order valence-corrected chi connectivity index (χ3v) is 4.15. The van der Waals surface area contributed by atoms with Gasteiger partial charge in [-0.1, -0.05) is 72.3 Å². The van der Waals surface area contributed by atoms with Crippen LogP contribution < -0.4 is 4.90 Å². The van der Waals surface area contributed by atoms with E-state index in [1.165, 1.54) is 28.1 Å². The first-order valence-electron chi connectivity index (χ1n) is 8.15. The van der Waals surface area contributed by atoms with Crippen molar-refractivity contribution < 1.29 is 0 Å². The van der Waals surface area contributed by atoms with Crippen LogP contribution in [0.2, 0.25) is 0 Å². The van der Waals surface area contributed by atoms with Crippen molar-refractivity contribution in [1.29, 1.82) is 0 Å². The molecule has 3 rings (SSSR count). The first-order valence-corrected chi connectivity index (χ1v) is 8.15. The Bertz CT molecular complexity index is 751. The molecular formula is C22H23N. The second kappa shape index (κ2) is 7.15. The molecule has 0 N–H and O–H groups in total. The molecule has 23 heavy (non-hydrogen) atoms. The van der Waals surface area contributed by atoms with Crippen LogP contribution in [0.4, 0.5) is 5.69 Å². The van der Waals surface area contributed by atoms with E-state index in [0.717, 1.165) is 13.0 Å². The van der Waals surface area contributed by atoms with Crippen molar-refractivity contribution in [3.05, 3.63) is 101 Å². The predicted molar refractivity (Wildman–Crippen MR) is 99.5 cm³/mol. The highest BCUT2D eigenvalue weighted by molar-refractivity contribution is 5.59. The van der Waals surface area contributed by atoms with E-state index in [9.17, 15) is 0 Å². The maximum absolute atomic E-state index is 2.43. The third kappa shape index (κ3) is 3.81. The molecular weight excluding hydrogens is 278 g/mol. The topological polar surface area (TPSA) is 3.24 Å². The minimum Gasteiger partial charge on any atom is -0.340 e. The van der Waals surface area contributed by atoms with Crippen molar-refractivity contribution in [3.63, 3.8) is 0 Å². The number of hydrogen-bond donors (Lipinski definition) is 0. The summed E-state index contributed by atoms with van der Waals surface area (Å²) in [6.45, 7) is 5.23. The van der Waals surface area contributed by atoms with Gasteiger partial charge in [0, 0.05) is 24.4 Å². The van der Waals surface area contributed by atoms with E-state index >= 15 is 0 Å². The monoisotopic (exact) mass is 301 g/mol. The lowest BCUT2D eigenvalue weighted by Crippen LogP contribution is -2.22. The number of aryl methyl sites for hydroxylation is 2. The second-order valence-corrected chi connectivity index (χ2v) is 6.04. The molecule has 2 aromatic carbocycles. The van der Waals surface area contributed by atoms with E-state index in [1.54, 1.807) is 0 Å². The van der Waals surface area contributed by atoms with Crippen LogP contribution in [0.15, 0.2) is 84.6 Å². The quantitative estimate of drug-likeness (QED) is 0.699. The Balaban J connectivity index is 2.00. The Hall–Kier alpha value is -2.54. The Morgan fingerprint density at radius 3 is 2.52 bits per heavy atom.